The van der Waals surface area contributed by atoms with Gasteiger partial charge in [0.05, 0.1) is 0 Å². The second-order valence-electron chi connectivity index (χ2n) is 8.34. The summed E-state index contributed by atoms with van der Waals surface area (Å²) >= 11 is 1.76. The van der Waals surface area contributed by atoms with Gasteiger partial charge >= 0.3 is 0 Å². The van der Waals surface area contributed by atoms with Crippen LogP contribution in [0.3, 0.4) is 0 Å². The fourth-order valence-corrected chi connectivity index (χ4v) is 4.73. The third kappa shape index (κ3) is 5.51. The second-order valence-corrected chi connectivity index (χ2v) is 9.32. The number of hydrogen-bond acceptors (Lipinski definition) is 2. The number of rotatable bonds is 7. The molecule has 5 rings (SSSR count). The summed E-state index contributed by atoms with van der Waals surface area (Å²) in [5.41, 5.74) is 8.36. The minimum atomic E-state index is 1.14. The number of nitrogens with zero attached hydrogens (tertiary/aromatic N) is 1. The molecule has 4 aromatic carbocycles. The number of benzene rings is 4. The Labute approximate surface area is 212 Å². The minimum absolute atomic E-state index is 1.14. The summed E-state index contributed by atoms with van der Waals surface area (Å²) in [6, 6.07) is 40.4. The maximum Gasteiger partial charge on any atom is 0.0462 e. The molecule has 1 nitrogen and oxygen atoms in total. The predicted molar refractivity (Wildman–Crippen MR) is 154 cm³/mol. The van der Waals surface area contributed by atoms with E-state index in [-0.39, 0.29) is 0 Å². The number of para-hydroxylation sites is 2. The molecule has 0 aliphatic carbocycles. The summed E-state index contributed by atoms with van der Waals surface area (Å²) < 4.78 is 0. The molecule has 0 saturated heterocycles. The van der Waals surface area contributed by atoms with Crippen molar-refractivity contribution in [1.82, 2.24) is 0 Å². The summed E-state index contributed by atoms with van der Waals surface area (Å²) in [5.74, 6) is 0. The van der Waals surface area contributed by atoms with E-state index < -0.39 is 0 Å². The van der Waals surface area contributed by atoms with E-state index in [1.165, 1.54) is 27.1 Å². The van der Waals surface area contributed by atoms with Crippen LogP contribution in [0, 0.1) is 6.92 Å². The van der Waals surface area contributed by atoms with Gasteiger partial charge in [0.25, 0.3) is 0 Å². The molecule has 0 amide bonds. The summed E-state index contributed by atoms with van der Waals surface area (Å²) in [6.45, 7) is 2.19. The highest BCUT2D eigenvalue weighted by atomic mass is 32.1. The monoisotopic (exact) mass is 469 g/mol. The van der Waals surface area contributed by atoms with Crippen LogP contribution in [0.4, 0.5) is 17.1 Å². The molecule has 1 aromatic heterocycles. The first-order chi connectivity index (χ1) is 17.3. The molecule has 5 aromatic rings. The van der Waals surface area contributed by atoms with Gasteiger partial charge in [-0.15, -0.1) is 11.3 Å². The molecule has 0 saturated carbocycles. The van der Waals surface area contributed by atoms with E-state index in [2.05, 4.69) is 157 Å². The fourth-order valence-electron chi connectivity index (χ4n) is 4.11. The maximum atomic E-state index is 2.28. The van der Waals surface area contributed by atoms with Gasteiger partial charge < -0.3 is 4.90 Å². The van der Waals surface area contributed by atoms with E-state index in [0.717, 1.165) is 17.1 Å². The lowest BCUT2D eigenvalue weighted by Crippen LogP contribution is -2.09. The Kier molecular flexibility index (Phi) is 7.02. The SMILES string of the molecule is Cc1c(C=Cc2ccc(N(c3ccccc3)c3ccccc3)cc2)cccc1C=Cc1cccs1. The molecular formula is C33H27NS. The number of anilines is 3. The highest BCUT2D eigenvalue weighted by Gasteiger charge is 2.11. The highest BCUT2D eigenvalue weighted by molar-refractivity contribution is 7.10. The van der Waals surface area contributed by atoms with Crippen LogP contribution in [0.15, 0.2) is 121 Å². The first-order valence-corrected chi connectivity index (χ1v) is 12.7. The largest absolute Gasteiger partial charge is 0.311 e. The number of thiophene rings is 1. The van der Waals surface area contributed by atoms with Gasteiger partial charge in [-0.3, -0.25) is 0 Å². The Balaban J connectivity index is 1.38. The minimum Gasteiger partial charge on any atom is -0.311 e. The Morgan fingerprint density at radius 1 is 0.514 bits per heavy atom. The molecule has 0 atom stereocenters. The van der Waals surface area contributed by atoms with Gasteiger partial charge in [0.2, 0.25) is 0 Å². The third-order valence-corrected chi connectivity index (χ3v) is 6.86. The lowest BCUT2D eigenvalue weighted by atomic mass is 10.0. The summed E-state index contributed by atoms with van der Waals surface area (Å²) in [4.78, 5) is 3.55. The molecule has 0 spiro atoms. The Morgan fingerprint density at radius 3 is 1.66 bits per heavy atom. The van der Waals surface area contributed by atoms with Crippen LogP contribution in [-0.4, -0.2) is 0 Å². The molecule has 2 heteroatoms. The van der Waals surface area contributed by atoms with Crippen LogP contribution in [0.2, 0.25) is 0 Å². The van der Waals surface area contributed by atoms with Crippen molar-refractivity contribution in [2.75, 3.05) is 4.90 Å². The summed E-state index contributed by atoms with van der Waals surface area (Å²) in [7, 11) is 0. The van der Waals surface area contributed by atoms with Crippen molar-refractivity contribution in [3.05, 3.63) is 148 Å². The lowest BCUT2D eigenvalue weighted by Gasteiger charge is -2.25. The van der Waals surface area contributed by atoms with Gasteiger partial charge in [0.1, 0.15) is 0 Å². The van der Waals surface area contributed by atoms with Gasteiger partial charge in [-0.1, -0.05) is 91.0 Å². The van der Waals surface area contributed by atoms with Crippen LogP contribution >= 0.6 is 11.3 Å². The van der Waals surface area contributed by atoms with Crippen LogP contribution in [0.1, 0.15) is 27.1 Å². The van der Waals surface area contributed by atoms with E-state index in [4.69, 9.17) is 0 Å². The molecule has 0 radical (unpaired) electrons. The highest BCUT2D eigenvalue weighted by Crippen LogP contribution is 2.34. The fraction of sp³-hybridized carbons (Fsp3) is 0.0303. The molecule has 0 fully saturated rings. The quantitative estimate of drug-likeness (QED) is 0.214. The summed E-state index contributed by atoms with van der Waals surface area (Å²) in [6.07, 6.45) is 8.78. The first kappa shape index (κ1) is 22.6. The summed E-state index contributed by atoms with van der Waals surface area (Å²) in [5, 5.41) is 2.11. The molecule has 0 unspecified atom stereocenters. The maximum absolute atomic E-state index is 2.28. The molecule has 170 valence electrons. The molecule has 0 bridgehead atoms. The average molecular weight is 470 g/mol. The second kappa shape index (κ2) is 10.9. The average Bonchev–Trinajstić information content (AvgIpc) is 3.43. The van der Waals surface area contributed by atoms with E-state index in [1.54, 1.807) is 11.3 Å². The van der Waals surface area contributed by atoms with Crippen molar-refractivity contribution < 1.29 is 0 Å². The Bertz CT molecular complexity index is 1370. The van der Waals surface area contributed by atoms with Crippen molar-refractivity contribution in [3.8, 4) is 0 Å². The van der Waals surface area contributed by atoms with Gasteiger partial charge in [0.15, 0.2) is 0 Å². The van der Waals surface area contributed by atoms with Gasteiger partial charge in [-0.05, 0) is 83.1 Å². The van der Waals surface area contributed by atoms with Crippen molar-refractivity contribution in [1.29, 1.82) is 0 Å². The zero-order valence-electron chi connectivity index (χ0n) is 19.7. The van der Waals surface area contributed by atoms with Crippen molar-refractivity contribution in [2.45, 2.75) is 6.92 Å². The molecule has 1 heterocycles. The first-order valence-electron chi connectivity index (χ1n) is 11.8. The van der Waals surface area contributed by atoms with Gasteiger partial charge in [0, 0.05) is 21.9 Å². The van der Waals surface area contributed by atoms with Crippen LogP contribution < -0.4 is 4.90 Å². The normalized spacial score (nSPS) is 11.3. The zero-order chi connectivity index (χ0) is 23.9. The van der Waals surface area contributed by atoms with E-state index >= 15 is 0 Å². The van der Waals surface area contributed by atoms with Crippen molar-refractivity contribution >= 4 is 52.7 Å². The standard InChI is InChI=1S/C33H27NS/c1-26-28(10-8-11-29(26)21-24-33-16-9-25-35-33)20-17-27-18-22-32(23-19-27)34(30-12-4-2-5-13-30)31-14-6-3-7-15-31/h2-25H,1H3. The molecular weight excluding hydrogens is 442 g/mol. The van der Waals surface area contributed by atoms with Crippen LogP contribution in [0.5, 0.6) is 0 Å². The van der Waals surface area contributed by atoms with E-state index in [0.29, 0.717) is 0 Å². The number of hydrogen-bond donors (Lipinski definition) is 0. The molecule has 0 aliphatic rings. The molecule has 0 aliphatic heterocycles. The Hall–Kier alpha value is -4.14. The molecule has 0 N–H and O–H groups in total. The predicted octanol–water partition coefficient (Wildman–Crippen LogP) is 9.87. The zero-order valence-corrected chi connectivity index (χ0v) is 20.5. The smallest absolute Gasteiger partial charge is 0.0462 e. The van der Waals surface area contributed by atoms with Crippen molar-refractivity contribution in [3.63, 3.8) is 0 Å². The third-order valence-electron chi connectivity index (χ3n) is 6.02. The van der Waals surface area contributed by atoms with E-state index in [9.17, 15) is 0 Å². The Morgan fingerprint density at radius 2 is 1.09 bits per heavy atom. The van der Waals surface area contributed by atoms with Gasteiger partial charge in [-0.2, -0.15) is 0 Å². The van der Waals surface area contributed by atoms with Gasteiger partial charge in [-0.25, -0.2) is 0 Å². The van der Waals surface area contributed by atoms with Crippen molar-refractivity contribution in [2.24, 2.45) is 0 Å². The van der Waals surface area contributed by atoms with Crippen LogP contribution in [0.25, 0.3) is 24.3 Å². The molecule has 35 heavy (non-hydrogen) atoms. The topological polar surface area (TPSA) is 3.24 Å². The van der Waals surface area contributed by atoms with Crippen LogP contribution in [-0.2, 0) is 0 Å². The van der Waals surface area contributed by atoms with E-state index in [1.807, 2.05) is 0 Å². The lowest BCUT2D eigenvalue weighted by molar-refractivity contribution is 1.28.